The molecule has 1 aromatic carbocycles. The van der Waals surface area contributed by atoms with Gasteiger partial charge in [-0.25, -0.2) is 8.78 Å². The van der Waals surface area contributed by atoms with E-state index < -0.39 is 12.0 Å². The first-order valence-electron chi connectivity index (χ1n) is 4.73. The normalized spacial score (nSPS) is 10.6. The molecule has 0 fully saturated rings. The van der Waals surface area contributed by atoms with Gasteiger partial charge >= 0.3 is 0 Å². The van der Waals surface area contributed by atoms with Gasteiger partial charge < -0.3 is 4.74 Å². The van der Waals surface area contributed by atoms with Gasteiger partial charge in [0.25, 0.3) is 6.43 Å². The van der Waals surface area contributed by atoms with Gasteiger partial charge in [0.2, 0.25) is 0 Å². The molecule has 5 heteroatoms. The second-order valence-electron chi connectivity index (χ2n) is 3.13. The lowest BCUT2D eigenvalue weighted by Crippen LogP contribution is -2.05. The van der Waals surface area contributed by atoms with E-state index >= 15 is 0 Å². The molecule has 0 bridgehead atoms. The number of ether oxygens (including phenoxy) is 1. The first kappa shape index (κ1) is 12.9. The molecule has 16 heavy (non-hydrogen) atoms. The average molecular weight is 249 g/mol. The van der Waals surface area contributed by atoms with Gasteiger partial charge in [0.15, 0.2) is 5.78 Å². The second kappa shape index (κ2) is 5.25. The van der Waals surface area contributed by atoms with Crippen LogP contribution in [0.25, 0.3) is 0 Å². The molecule has 0 unspecified atom stereocenters. The Morgan fingerprint density at radius 1 is 1.50 bits per heavy atom. The number of rotatable bonds is 4. The van der Waals surface area contributed by atoms with Crippen molar-refractivity contribution in [1.82, 2.24) is 0 Å². The standard InChI is InChI=1S/C11H11ClF2O2/c1-3-16-10-7(6(2)15)4-5-8(12)9(10)11(13)14/h4-5,11H,3H2,1-2H3. The number of hydrogen-bond donors (Lipinski definition) is 0. The molecule has 0 aliphatic rings. The van der Waals surface area contributed by atoms with Crippen LogP contribution in [0.2, 0.25) is 5.02 Å². The molecule has 0 aliphatic carbocycles. The fourth-order valence-corrected chi connectivity index (χ4v) is 1.59. The summed E-state index contributed by atoms with van der Waals surface area (Å²) in [6, 6.07) is 2.67. The third-order valence-corrected chi connectivity index (χ3v) is 2.36. The van der Waals surface area contributed by atoms with Crippen LogP contribution in [0.4, 0.5) is 8.78 Å². The minimum atomic E-state index is -2.77. The number of Topliss-reactive ketones (excluding diaryl/α,β-unsaturated/α-hetero) is 1. The number of carbonyl (C=O) groups excluding carboxylic acids is 1. The second-order valence-corrected chi connectivity index (χ2v) is 3.53. The largest absolute Gasteiger partial charge is 0.493 e. The molecule has 0 saturated carbocycles. The number of halogens is 3. The van der Waals surface area contributed by atoms with Gasteiger partial charge in [-0.1, -0.05) is 11.6 Å². The minimum absolute atomic E-state index is 0.0940. The van der Waals surface area contributed by atoms with Crippen LogP contribution in [0.3, 0.4) is 0 Å². The van der Waals surface area contributed by atoms with Gasteiger partial charge in [-0.05, 0) is 26.0 Å². The number of ketones is 1. The lowest BCUT2D eigenvalue weighted by atomic mass is 10.1. The van der Waals surface area contributed by atoms with Crippen LogP contribution in [0.15, 0.2) is 12.1 Å². The van der Waals surface area contributed by atoms with Crippen molar-refractivity contribution in [1.29, 1.82) is 0 Å². The molecule has 0 amide bonds. The van der Waals surface area contributed by atoms with Gasteiger partial charge in [0, 0.05) is 0 Å². The van der Waals surface area contributed by atoms with Gasteiger partial charge in [0.1, 0.15) is 5.75 Å². The summed E-state index contributed by atoms with van der Waals surface area (Å²) in [4.78, 5) is 11.3. The summed E-state index contributed by atoms with van der Waals surface area (Å²) in [5, 5.41) is -0.0940. The van der Waals surface area contributed by atoms with Crippen molar-refractivity contribution in [2.45, 2.75) is 20.3 Å². The van der Waals surface area contributed by atoms with E-state index in [1.54, 1.807) is 6.92 Å². The molecule has 0 N–H and O–H groups in total. The Hall–Kier alpha value is -1.16. The maximum absolute atomic E-state index is 12.8. The number of hydrogen-bond acceptors (Lipinski definition) is 2. The van der Waals surface area contributed by atoms with Crippen LogP contribution in [0, 0.1) is 0 Å². The van der Waals surface area contributed by atoms with Crippen LogP contribution >= 0.6 is 11.6 Å². The molecule has 0 atom stereocenters. The molecule has 0 spiro atoms. The Bertz CT molecular complexity index is 405. The highest BCUT2D eigenvalue weighted by molar-refractivity contribution is 6.31. The van der Waals surface area contributed by atoms with Gasteiger partial charge in [-0.3, -0.25) is 4.79 Å². The van der Waals surface area contributed by atoms with Crippen LogP contribution in [0.5, 0.6) is 5.75 Å². The van der Waals surface area contributed by atoms with E-state index in [1.165, 1.54) is 19.1 Å². The fourth-order valence-electron chi connectivity index (χ4n) is 1.36. The SMILES string of the molecule is CCOc1c(C(C)=O)ccc(Cl)c1C(F)F. The molecule has 0 radical (unpaired) electrons. The van der Waals surface area contributed by atoms with Crippen LogP contribution in [0.1, 0.15) is 36.2 Å². The highest BCUT2D eigenvalue weighted by atomic mass is 35.5. The van der Waals surface area contributed by atoms with Crippen molar-refractivity contribution in [3.05, 3.63) is 28.3 Å². The molecule has 0 aromatic heterocycles. The predicted molar refractivity (Wildman–Crippen MR) is 57.6 cm³/mol. The van der Waals surface area contributed by atoms with E-state index in [4.69, 9.17) is 16.3 Å². The van der Waals surface area contributed by atoms with E-state index in [0.717, 1.165) is 0 Å². The molecule has 88 valence electrons. The maximum atomic E-state index is 12.8. The highest BCUT2D eigenvalue weighted by Crippen LogP contribution is 2.38. The van der Waals surface area contributed by atoms with Crippen molar-refractivity contribution in [2.24, 2.45) is 0 Å². The summed E-state index contributed by atoms with van der Waals surface area (Å²) in [5.41, 5.74) is -0.294. The Morgan fingerprint density at radius 3 is 2.56 bits per heavy atom. The zero-order chi connectivity index (χ0) is 12.3. The number of alkyl halides is 2. The van der Waals surface area contributed by atoms with Gasteiger partial charge in [-0.15, -0.1) is 0 Å². The van der Waals surface area contributed by atoms with Crippen LogP contribution in [-0.4, -0.2) is 12.4 Å². The Balaban J connectivity index is 3.43. The lowest BCUT2D eigenvalue weighted by Gasteiger charge is -2.14. The topological polar surface area (TPSA) is 26.3 Å². The molecular formula is C11H11ClF2O2. The molecule has 0 saturated heterocycles. The number of carbonyl (C=O) groups is 1. The molecule has 1 rings (SSSR count). The molecule has 0 heterocycles. The van der Waals surface area contributed by atoms with Crippen molar-refractivity contribution in [2.75, 3.05) is 6.61 Å². The van der Waals surface area contributed by atoms with E-state index in [1.807, 2.05) is 0 Å². The maximum Gasteiger partial charge on any atom is 0.268 e. The number of benzene rings is 1. The van der Waals surface area contributed by atoms with Gasteiger partial charge in [-0.2, -0.15) is 0 Å². The summed E-state index contributed by atoms with van der Waals surface area (Å²) in [7, 11) is 0. The third-order valence-electron chi connectivity index (χ3n) is 2.03. The Morgan fingerprint density at radius 2 is 2.12 bits per heavy atom. The van der Waals surface area contributed by atoms with Crippen LogP contribution < -0.4 is 4.74 Å². The minimum Gasteiger partial charge on any atom is -0.493 e. The van der Waals surface area contributed by atoms with Crippen LogP contribution in [-0.2, 0) is 0 Å². The van der Waals surface area contributed by atoms with Crippen molar-refractivity contribution >= 4 is 17.4 Å². The molecule has 1 aromatic rings. The fraction of sp³-hybridized carbons (Fsp3) is 0.364. The quantitative estimate of drug-likeness (QED) is 0.756. The summed E-state index contributed by atoms with van der Waals surface area (Å²) in [6.45, 7) is 3.14. The average Bonchev–Trinajstić information content (AvgIpc) is 2.17. The van der Waals surface area contributed by atoms with E-state index in [9.17, 15) is 13.6 Å². The van der Waals surface area contributed by atoms with E-state index in [0.29, 0.717) is 0 Å². The first-order chi connectivity index (χ1) is 7.49. The smallest absolute Gasteiger partial charge is 0.268 e. The van der Waals surface area contributed by atoms with E-state index in [2.05, 4.69) is 0 Å². The van der Waals surface area contributed by atoms with Crippen molar-refractivity contribution < 1.29 is 18.3 Å². The van der Waals surface area contributed by atoms with Crippen molar-refractivity contribution in [3.63, 3.8) is 0 Å². The van der Waals surface area contributed by atoms with Gasteiger partial charge in [0.05, 0.1) is 22.8 Å². The highest BCUT2D eigenvalue weighted by Gasteiger charge is 2.23. The first-order valence-corrected chi connectivity index (χ1v) is 5.11. The third kappa shape index (κ3) is 2.50. The van der Waals surface area contributed by atoms with E-state index in [-0.39, 0.29) is 28.7 Å². The Labute approximate surface area is 97.2 Å². The monoisotopic (exact) mass is 248 g/mol. The predicted octanol–water partition coefficient (Wildman–Crippen LogP) is 3.88. The molecule has 2 nitrogen and oxygen atoms in total. The zero-order valence-corrected chi connectivity index (χ0v) is 9.65. The lowest BCUT2D eigenvalue weighted by molar-refractivity contribution is 0.101. The Kier molecular flexibility index (Phi) is 4.24. The summed E-state index contributed by atoms with van der Waals surface area (Å²) in [5.74, 6) is -0.445. The zero-order valence-electron chi connectivity index (χ0n) is 8.89. The van der Waals surface area contributed by atoms with Crippen molar-refractivity contribution in [3.8, 4) is 5.75 Å². The summed E-state index contributed by atoms with van der Waals surface area (Å²) < 4.78 is 30.6. The summed E-state index contributed by atoms with van der Waals surface area (Å²) >= 11 is 5.67. The molecule has 0 aliphatic heterocycles. The molecular weight excluding hydrogens is 238 g/mol. The summed E-state index contributed by atoms with van der Waals surface area (Å²) in [6.07, 6.45) is -2.77.